The Morgan fingerprint density at radius 1 is 1.12 bits per heavy atom. The van der Waals surface area contributed by atoms with Gasteiger partial charge in [0.15, 0.2) is 0 Å². The average Bonchev–Trinajstić information content (AvgIpc) is 3.40. The van der Waals surface area contributed by atoms with Crippen LogP contribution in [0.15, 0.2) is 48.5 Å². The van der Waals surface area contributed by atoms with Gasteiger partial charge in [0, 0.05) is 31.0 Å². The summed E-state index contributed by atoms with van der Waals surface area (Å²) in [6, 6.07) is 13.0. The van der Waals surface area contributed by atoms with Gasteiger partial charge >= 0.3 is 0 Å². The summed E-state index contributed by atoms with van der Waals surface area (Å²) in [6.45, 7) is 0.0126. The van der Waals surface area contributed by atoms with E-state index in [1.165, 1.54) is 11.0 Å². The van der Waals surface area contributed by atoms with E-state index < -0.39 is 17.1 Å². The van der Waals surface area contributed by atoms with Gasteiger partial charge in [0.05, 0.1) is 12.5 Å². The molecular weight excluding hydrogens is 411 g/mol. The Balaban J connectivity index is 1.60. The van der Waals surface area contributed by atoms with Crippen LogP contribution in [0.3, 0.4) is 0 Å². The van der Waals surface area contributed by atoms with Crippen LogP contribution in [0.2, 0.25) is 0 Å². The van der Waals surface area contributed by atoms with E-state index in [0.29, 0.717) is 16.9 Å². The van der Waals surface area contributed by atoms with Crippen LogP contribution in [0.4, 0.5) is 4.39 Å². The second-order valence-electron chi connectivity index (χ2n) is 8.54. The maximum absolute atomic E-state index is 13.9. The molecule has 0 spiro atoms. The number of ether oxygens (including phenoxy) is 1. The molecule has 2 aliphatic rings. The summed E-state index contributed by atoms with van der Waals surface area (Å²) in [5.74, 6) is -0.742. The van der Waals surface area contributed by atoms with Gasteiger partial charge in [-0.05, 0) is 36.6 Å². The number of amides is 3. The maximum atomic E-state index is 13.9. The zero-order valence-corrected chi connectivity index (χ0v) is 18.1. The van der Waals surface area contributed by atoms with Crippen molar-refractivity contribution in [2.24, 2.45) is 0 Å². The smallest absolute Gasteiger partial charge is 0.241 e. The van der Waals surface area contributed by atoms with Crippen LogP contribution < -0.4 is 10.1 Å². The summed E-state index contributed by atoms with van der Waals surface area (Å²) in [5, 5.41) is 2.72. The molecule has 168 valence electrons. The second kappa shape index (κ2) is 9.10. The molecule has 2 fully saturated rings. The van der Waals surface area contributed by atoms with Crippen molar-refractivity contribution in [3.05, 3.63) is 65.5 Å². The van der Waals surface area contributed by atoms with Gasteiger partial charge in [0.25, 0.3) is 0 Å². The normalized spacial score (nSPS) is 21.2. The molecule has 4 rings (SSSR count). The van der Waals surface area contributed by atoms with E-state index in [1.54, 1.807) is 49.6 Å². The van der Waals surface area contributed by atoms with Gasteiger partial charge in [-0.25, -0.2) is 4.39 Å². The number of halogens is 1. The monoisotopic (exact) mass is 438 g/mol. The molecule has 1 N–H and O–H groups in total. The minimum Gasteiger partial charge on any atom is -0.497 e. The Labute approximate surface area is 186 Å². The molecule has 0 unspecified atom stereocenters. The molecule has 1 aliphatic carbocycles. The Hall–Kier alpha value is -3.22. The van der Waals surface area contributed by atoms with Crippen molar-refractivity contribution in [1.82, 2.24) is 10.2 Å². The highest BCUT2D eigenvalue weighted by Crippen LogP contribution is 2.43. The van der Waals surface area contributed by atoms with Crippen LogP contribution in [-0.2, 0) is 26.3 Å². The van der Waals surface area contributed by atoms with Gasteiger partial charge in [-0.2, -0.15) is 0 Å². The Bertz CT molecular complexity index is 1020. The first-order valence-corrected chi connectivity index (χ1v) is 11.0. The van der Waals surface area contributed by atoms with Crippen molar-refractivity contribution in [2.45, 2.75) is 56.5 Å². The largest absolute Gasteiger partial charge is 0.497 e. The predicted molar refractivity (Wildman–Crippen MR) is 116 cm³/mol. The van der Waals surface area contributed by atoms with Gasteiger partial charge in [0.2, 0.25) is 17.7 Å². The standard InChI is InChI=1S/C25H27FN2O4/c1-32-20-12-10-18(11-13-20)25(14-22(29)27-16-17-6-2-5-9-21(17)26)15-23(30)28(24(25)31)19-7-3-4-8-19/h2,5-6,9-13,19H,3-4,7-8,14-16H2,1H3,(H,27,29)/t25-/m1/s1. The summed E-state index contributed by atoms with van der Waals surface area (Å²) in [5.41, 5.74) is -0.301. The van der Waals surface area contributed by atoms with Crippen LogP contribution in [0.5, 0.6) is 5.75 Å². The van der Waals surface area contributed by atoms with Crippen LogP contribution in [-0.4, -0.2) is 35.8 Å². The van der Waals surface area contributed by atoms with Crippen molar-refractivity contribution >= 4 is 17.7 Å². The number of imide groups is 1. The molecule has 2 aromatic rings. The van der Waals surface area contributed by atoms with Gasteiger partial charge < -0.3 is 10.1 Å². The third-order valence-corrected chi connectivity index (χ3v) is 6.58. The summed E-state index contributed by atoms with van der Waals surface area (Å²) in [4.78, 5) is 41.0. The maximum Gasteiger partial charge on any atom is 0.241 e. The van der Waals surface area contributed by atoms with E-state index in [1.807, 2.05) is 0 Å². The van der Waals surface area contributed by atoms with Crippen molar-refractivity contribution in [3.8, 4) is 5.75 Å². The van der Waals surface area contributed by atoms with E-state index in [0.717, 1.165) is 25.7 Å². The van der Waals surface area contributed by atoms with Crippen molar-refractivity contribution in [1.29, 1.82) is 0 Å². The third-order valence-electron chi connectivity index (χ3n) is 6.58. The number of carbonyl (C=O) groups is 3. The number of hydrogen-bond donors (Lipinski definition) is 1. The first-order chi connectivity index (χ1) is 15.4. The summed E-state index contributed by atoms with van der Waals surface area (Å²) < 4.78 is 19.1. The molecule has 1 heterocycles. The summed E-state index contributed by atoms with van der Waals surface area (Å²) >= 11 is 0. The van der Waals surface area contributed by atoms with Crippen LogP contribution in [0, 0.1) is 5.82 Å². The molecule has 2 aromatic carbocycles. The first-order valence-electron chi connectivity index (χ1n) is 11.0. The second-order valence-corrected chi connectivity index (χ2v) is 8.54. The number of likely N-dealkylation sites (tertiary alicyclic amines) is 1. The van der Waals surface area contributed by atoms with E-state index in [2.05, 4.69) is 5.32 Å². The van der Waals surface area contributed by atoms with Gasteiger partial charge in [-0.3, -0.25) is 19.3 Å². The molecule has 3 amide bonds. The lowest BCUT2D eigenvalue weighted by atomic mass is 9.75. The quantitative estimate of drug-likeness (QED) is 0.672. The zero-order valence-electron chi connectivity index (χ0n) is 18.1. The number of nitrogens with one attached hydrogen (secondary N) is 1. The van der Waals surface area contributed by atoms with E-state index in [9.17, 15) is 18.8 Å². The molecule has 1 atom stereocenters. The lowest BCUT2D eigenvalue weighted by Gasteiger charge is -2.29. The zero-order chi connectivity index (χ0) is 22.7. The summed E-state index contributed by atoms with van der Waals surface area (Å²) in [7, 11) is 1.55. The first kappa shape index (κ1) is 22.0. The average molecular weight is 438 g/mol. The van der Waals surface area contributed by atoms with Gasteiger partial charge in [-0.15, -0.1) is 0 Å². The lowest BCUT2D eigenvalue weighted by molar-refractivity contribution is -0.143. The Morgan fingerprint density at radius 2 is 1.81 bits per heavy atom. The van der Waals surface area contributed by atoms with Crippen LogP contribution in [0.1, 0.15) is 49.7 Å². The fourth-order valence-electron chi connectivity index (χ4n) is 4.84. The highest BCUT2D eigenvalue weighted by Gasteiger charge is 2.55. The fraction of sp³-hybridized carbons (Fsp3) is 0.400. The molecule has 7 heteroatoms. The van der Waals surface area contributed by atoms with Gasteiger partial charge in [0.1, 0.15) is 11.6 Å². The summed E-state index contributed by atoms with van der Waals surface area (Å²) in [6.07, 6.45) is 3.34. The third kappa shape index (κ3) is 4.11. The molecule has 1 aliphatic heterocycles. The topological polar surface area (TPSA) is 75.7 Å². The Kier molecular flexibility index (Phi) is 6.26. The van der Waals surface area contributed by atoms with Crippen molar-refractivity contribution < 1.29 is 23.5 Å². The minimum absolute atomic E-state index is 0.0126. The SMILES string of the molecule is COc1ccc([C@@]2(CC(=O)NCc3ccccc3F)CC(=O)N(C3CCCC3)C2=O)cc1. The predicted octanol–water partition coefficient (Wildman–Crippen LogP) is 3.48. The lowest BCUT2D eigenvalue weighted by Crippen LogP contribution is -2.45. The molecule has 0 radical (unpaired) electrons. The van der Waals surface area contributed by atoms with Gasteiger partial charge in [-0.1, -0.05) is 43.2 Å². The van der Waals surface area contributed by atoms with E-state index in [-0.39, 0.29) is 37.2 Å². The number of carbonyl (C=O) groups excluding carboxylic acids is 3. The van der Waals surface area contributed by atoms with Crippen molar-refractivity contribution in [2.75, 3.05) is 7.11 Å². The molecule has 32 heavy (non-hydrogen) atoms. The number of benzene rings is 2. The number of rotatable bonds is 7. The number of methoxy groups -OCH3 is 1. The fourth-order valence-corrected chi connectivity index (χ4v) is 4.84. The highest BCUT2D eigenvalue weighted by atomic mass is 19.1. The molecule has 0 bridgehead atoms. The van der Waals surface area contributed by atoms with Crippen molar-refractivity contribution in [3.63, 3.8) is 0 Å². The van der Waals surface area contributed by atoms with E-state index in [4.69, 9.17) is 4.74 Å². The number of hydrogen-bond acceptors (Lipinski definition) is 4. The highest BCUT2D eigenvalue weighted by molar-refractivity contribution is 6.11. The molecule has 0 aromatic heterocycles. The van der Waals surface area contributed by atoms with E-state index >= 15 is 0 Å². The molecule has 1 saturated carbocycles. The van der Waals surface area contributed by atoms with Crippen LogP contribution in [0.25, 0.3) is 0 Å². The molecular formula is C25H27FN2O4. The molecule has 1 saturated heterocycles. The minimum atomic E-state index is -1.27. The van der Waals surface area contributed by atoms with Crippen LogP contribution >= 0.6 is 0 Å². The Morgan fingerprint density at radius 3 is 2.47 bits per heavy atom. The molecule has 6 nitrogen and oxygen atoms in total. The number of nitrogens with zero attached hydrogens (tertiary/aromatic N) is 1.